The van der Waals surface area contributed by atoms with Gasteiger partial charge in [-0.2, -0.15) is 0 Å². The van der Waals surface area contributed by atoms with Crippen molar-refractivity contribution in [1.82, 2.24) is 9.97 Å². The predicted molar refractivity (Wildman–Crippen MR) is 80.4 cm³/mol. The number of aromatic nitrogens is 2. The quantitative estimate of drug-likeness (QED) is 0.781. The van der Waals surface area contributed by atoms with Crippen molar-refractivity contribution in [2.45, 2.75) is 0 Å². The van der Waals surface area contributed by atoms with Crippen LogP contribution >= 0.6 is 11.6 Å². The molecule has 6 heteroatoms. The molecule has 4 rings (SSSR count). The van der Waals surface area contributed by atoms with Gasteiger partial charge in [-0.1, -0.05) is 23.7 Å². The van der Waals surface area contributed by atoms with Crippen LogP contribution in [0.1, 0.15) is 0 Å². The number of hydrogen-bond donors (Lipinski definition) is 1. The summed E-state index contributed by atoms with van der Waals surface area (Å²) in [5.41, 5.74) is 2.36. The molecule has 0 aliphatic carbocycles. The van der Waals surface area contributed by atoms with E-state index in [1.807, 2.05) is 42.5 Å². The largest absolute Gasteiger partial charge is 0.454 e. The maximum atomic E-state index is 6.18. The summed E-state index contributed by atoms with van der Waals surface area (Å²) in [5, 5.41) is 3.48. The Labute approximate surface area is 125 Å². The van der Waals surface area contributed by atoms with Gasteiger partial charge in [-0.25, -0.2) is 9.97 Å². The third-order valence-corrected chi connectivity index (χ3v) is 3.43. The number of para-hydroxylation sites is 2. The minimum Gasteiger partial charge on any atom is -0.454 e. The molecule has 0 bridgehead atoms. The molecule has 0 atom stereocenters. The molecule has 2 aromatic carbocycles. The fourth-order valence-electron chi connectivity index (χ4n) is 2.17. The molecule has 0 unspecified atom stereocenters. The first-order valence-electron chi connectivity index (χ1n) is 6.38. The number of benzene rings is 2. The second-order valence-electron chi connectivity index (χ2n) is 4.54. The first-order chi connectivity index (χ1) is 10.3. The molecule has 1 aliphatic heterocycles. The van der Waals surface area contributed by atoms with Gasteiger partial charge in [-0.3, -0.25) is 0 Å². The van der Waals surface area contributed by atoms with Gasteiger partial charge in [0.2, 0.25) is 6.79 Å². The zero-order chi connectivity index (χ0) is 14.2. The van der Waals surface area contributed by atoms with E-state index in [4.69, 9.17) is 21.1 Å². The van der Waals surface area contributed by atoms with E-state index in [9.17, 15) is 0 Å². The zero-order valence-corrected chi connectivity index (χ0v) is 11.6. The molecule has 0 saturated heterocycles. The Bertz CT molecular complexity index is 838. The first-order valence-corrected chi connectivity index (χ1v) is 6.76. The van der Waals surface area contributed by atoms with E-state index in [0.717, 1.165) is 22.5 Å². The molecule has 0 fully saturated rings. The van der Waals surface area contributed by atoms with E-state index in [1.165, 1.54) is 0 Å². The van der Waals surface area contributed by atoms with Gasteiger partial charge in [0.15, 0.2) is 22.5 Å². The Balaban J connectivity index is 1.72. The third kappa shape index (κ3) is 2.21. The molecule has 0 radical (unpaired) electrons. The molecular weight excluding hydrogens is 290 g/mol. The molecular formula is C15H10ClN3O2. The van der Waals surface area contributed by atoms with Gasteiger partial charge >= 0.3 is 0 Å². The van der Waals surface area contributed by atoms with Crippen molar-refractivity contribution >= 4 is 34.1 Å². The minimum absolute atomic E-state index is 0.245. The van der Waals surface area contributed by atoms with E-state index < -0.39 is 0 Å². The average Bonchev–Trinajstić information content (AvgIpc) is 2.95. The highest BCUT2D eigenvalue weighted by atomic mass is 35.5. The molecule has 2 heterocycles. The van der Waals surface area contributed by atoms with Crippen molar-refractivity contribution in [3.05, 3.63) is 47.6 Å². The monoisotopic (exact) mass is 299 g/mol. The van der Waals surface area contributed by atoms with Crippen molar-refractivity contribution < 1.29 is 9.47 Å². The SMILES string of the molecule is Clc1nc2ccccc2nc1Nc1ccc2c(c1)OCO2. The summed E-state index contributed by atoms with van der Waals surface area (Å²) in [5.74, 6) is 1.94. The minimum atomic E-state index is 0.245. The maximum absolute atomic E-state index is 6.18. The van der Waals surface area contributed by atoms with Crippen LogP contribution in [-0.4, -0.2) is 16.8 Å². The topological polar surface area (TPSA) is 56.3 Å². The van der Waals surface area contributed by atoms with Crippen LogP contribution in [0.15, 0.2) is 42.5 Å². The molecule has 0 amide bonds. The van der Waals surface area contributed by atoms with Crippen molar-refractivity contribution in [3.8, 4) is 11.5 Å². The molecule has 0 saturated carbocycles. The van der Waals surface area contributed by atoms with E-state index in [0.29, 0.717) is 16.7 Å². The molecule has 5 nitrogen and oxygen atoms in total. The lowest BCUT2D eigenvalue weighted by molar-refractivity contribution is 0.174. The number of ether oxygens (including phenoxy) is 2. The van der Waals surface area contributed by atoms with Crippen LogP contribution in [-0.2, 0) is 0 Å². The number of fused-ring (bicyclic) bond motifs is 2. The second-order valence-corrected chi connectivity index (χ2v) is 4.90. The highest BCUT2D eigenvalue weighted by Crippen LogP contribution is 2.35. The van der Waals surface area contributed by atoms with Gasteiger partial charge in [0.05, 0.1) is 11.0 Å². The molecule has 1 aliphatic rings. The number of rotatable bonds is 2. The van der Waals surface area contributed by atoms with Gasteiger partial charge in [-0.15, -0.1) is 0 Å². The van der Waals surface area contributed by atoms with Crippen LogP contribution in [0.3, 0.4) is 0 Å². The Hall–Kier alpha value is -2.53. The fraction of sp³-hybridized carbons (Fsp3) is 0.0667. The van der Waals surface area contributed by atoms with Crippen molar-refractivity contribution in [2.24, 2.45) is 0 Å². The molecule has 1 aromatic heterocycles. The van der Waals surface area contributed by atoms with Crippen molar-refractivity contribution in [1.29, 1.82) is 0 Å². The maximum Gasteiger partial charge on any atom is 0.231 e. The molecule has 104 valence electrons. The van der Waals surface area contributed by atoms with E-state index >= 15 is 0 Å². The Kier molecular flexibility index (Phi) is 2.79. The summed E-state index contributed by atoms with van der Waals surface area (Å²) >= 11 is 6.18. The molecule has 1 N–H and O–H groups in total. The van der Waals surface area contributed by atoms with E-state index in [-0.39, 0.29) is 6.79 Å². The Morgan fingerprint density at radius 1 is 0.952 bits per heavy atom. The van der Waals surface area contributed by atoms with Crippen LogP contribution in [0.2, 0.25) is 5.15 Å². The highest BCUT2D eigenvalue weighted by Gasteiger charge is 2.14. The smallest absolute Gasteiger partial charge is 0.231 e. The standard InChI is InChI=1S/C15H10ClN3O2/c16-14-15(19-11-4-2-1-3-10(11)18-14)17-9-5-6-12-13(7-9)21-8-20-12/h1-7H,8H2,(H,17,19). The van der Waals surface area contributed by atoms with Gasteiger partial charge in [0.25, 0.3) is 0 Å². The summed E-state index contributed by atoms with van der Waals surface area (Å²) in [6.07, 6.45) is 0. The van der Waals surface area contributed by atoms with Crippen molar-refractivity contribution in [2.75, 3.05) is 12.1 Å². The zero-order valence-electron chi connectivity index (χ0n) is 10.8. The van der Waals surface area contributed by atoms with Crippen LogP contribution in [0.5, 0.6) is 11.5 Å². The number of nitrogens with zero attached hydrogens (tertiary/aromatic N) is 2. The van der Waals surface area contributed by atoms with Crippen LogP contribution < -0.4 is 14.8 Å². The van der Waals surface area contributed by atoms with E-state index in [2.05, 4.69) is 15.3 Å². The average molecular weight is 300 g/mol. The normalized spacial score (nSPS) is 12.6. The van der Waals surface area contributed by atoms with Crippen molar-refractivity contribution in [3.63, 3.8) is 0 Å². The second kappa shape index (κ2) is 4.79. The third-order valence-electron chi connectivity index (χ3n) is 3.16. The number of anilines is 2. The van der Waals surface area contributed by atoms with Crippen LogP contribution in [0.25, 0.3) is 11.0 Å². The van der Waals surface area contributed by atoms with Gasteiger partial charge in [-0.05, 0) is 24.3 Å². The summed E-state index contributed by atoms with van der Waals surface area (Å²) in [6, 6.07) is 13.1. The summed E-state index contributed by atoms with van der Waals surface area (Å²) in [7, 11) is 0. The molecule has 3 aromatic rings. The molecule has 21 heavy (non-hydrogen) atoms. The summed E-state index contributed by atoms with van der Waals surface area (Å²) in [6.45, 7) is 0.245. The highest BCUT2D eigenvalue weighted by molar-refractivity contribution is 6.32. The van der Waals surface area contributed by atoms with Gasteiger partial charge in [0, 0.05) is 11.8 Å². The first kappa shape index (κ1) is 12.2. The molecule has 0 spiro atoms. The lowest BCUT2D eigenvalue weighted by atomic mass is 10.2. The van der Waals surface area contributed by atoms with Crippen LogP contribution in [0, 0.1) is 0 Å². The summed E-state index contributed by atoms with van der Waals surface area (Å²) < 4.78 is 10.6. The summed E-state index contributed by atoms with van der Waals surface area (Å²) in [4.78, 5) is 8.81. The lowest BCUT2D eigenvalue weighted by Crippen LogP contribution is -1.97. The van der Waals surface area contributed by atoms with Gasteiger partial charge in [0.1, 0.15) is 0 Å². The van der Waals surface area contributed by atoms with Gasteiger partial charge < -0.3 is 14.8 Å². The van der Waals surface area contributed by atoms with E-state index in [1.54, 1.807) is 0 Å². The Morgan fingerprint density at radius 3 is 2.57 bits per heavy atom. The Morgan fingerprint density at radius 2 is 1.71 bits per heavy atom. The number of halogens is 1. The lowest BCUT2D eigenvalue weighted by Gasteiger charge is -2.08. The fourth-order valence-corrected chi connectivity index (χ4v) is 2.35. The predicted octanol–water partition coefficient (Wildman–Crippen LogP) is 3.76. The number of nitrogens with one attached hydrogen (secondary N) is 1. The van der Waals surface area contributed by atoms with Crippen LogP contribution in [0.4, 0.5) is 11.5 Å². The number of hydrogen-bond acceptors (Lipinski definition) is 5.